The van der Waals surface area contributed by atoms with Gasteiger partial charge in [0.05, 0.1) is 11.3 Å². The summed E-state index contributed by atoms with van der Waals surface area (Å²) >= 11 is 0. The van der Waals surface area contributed by atoms with Crippen molar-refractivity contribution < 1.29 is 4.79 Å². The van der Waals surface area contributed by atoms with Gasteiger partial charge in [0, 0.05) is 22.1 Å². The van der Waals surface area contributed by atoms with Crippen LogP contribution in [-0.2, 0) is 11.8 Å². The van der Waals surface area contributed by atoms with Gasteiger partial charge in [-0.3, -0.25) is 15.0 Å². The van der Waals surface area contributed by atoms with E-state index in [4.69, 9.17) is 4.98 Å². The molecule has 0 spiro atoms. The number of hydrogen-bond acceptors (Lipinski definition) is 3. The van der Waals surface area contributed by atoms with E-state index in [-0.39, 0.29) is 16.9 Å². The molecule has 170 valence electrons. The number of rotatable bonds is 5. The van der Waals surface area contributed by atoms with Gasteiger partial charge in [0.25, 0.3) is 11.5 Å². The topological polar surface area (TPSA) is 64.0 Å². The predicted octanol–water partition coefficient (Wildman–Crippen LogP) is 5.58. The Bertz CT molecular complexity index is 1400. The van der Waals surface area contributed by atoms with Gasteiger partial charge in [0.15, 0.2) is 5.82 Å². The molecule has 0 aliphatic heterocycles. The molecular formula is C29H27N3O2. The van der Waals surface area contributed by atoms with E-state index in [0.717, 1.165) is 36.1 Å². The molecule has 0 saturated heterocycles. The van der Waals surface area contributed by atoms with Crippen molar-refractivity contribution in [1.82, 2.24) is 9.66 Å². The molecule has 34 heavy (non-hydrogen) atoms. The number of fused-ring (bicyclic) bond motifs is 3. The van der Waals surface area contributed by atoms with Gasteiger partial charge in [-0.1, -0.05) is 86.6 Å². The molecule has 0 atom stereocenters. The highest BCUT2D eigenvalue weighted by Gasteiger charge is 2.40. The Morgan fingerprint density at radius 3 is 2.21 bits per heavy atom. The lowest BCUT2D eigenvalue weighted by Gasteiger charge is -2.38. The van der Waals surface area contributed by atoms with E-state index in [0.29, 0.717) is 17.0 Å². The smallest absolute Gasteiger partial charge is 0.267 e. The molecule has 0 saturated carbocycles. The van der Waals surface area contributed by atoms with Crippen LogP contribution in [0.4, 0.5) is 0 Å². The van der Waals surface area contributed by atoms with E-state index in [9.17, 15) is 9.59 Å². The van der Waals surface area contributed by atoms with Crippen molar-refractivity contribution in [3.63, 3.8) is 0 Å². The van der Waals surface area contributed by atoms with Gasteiger partial charge < -0.3 is 0 Å². The minimum absolute atomic E-state index is 0.216. The van der Waals surface area contributed by atoms with Crippen LogP contribution in [0.25, 0.3) is 22.6 Å². The monoisotopic (exact) mass is 449 g/mol. The SMILES string of the molecule is CCC1(CC)Cc2ccccc2-c2nc(-c3ccccc3)n(NC(=O)c3ccccc3)c(=O)c21. The summed E-state index contributed by atoms with van der Waals surface area (Å²) in [6.07, 6.45) is 2.38. The van der Waals surface area contributed by atoms with Gasteiger partial charge in [0.1, 0.15) is 0 Å². The zero-order valence-electron chi connectivity index (χ0n) is 19.4. The second-order valence-corrected chi connectivity index (χ2v) is 8.79. The molecule has 0 fully saturated rings. The Morgan fingerprint density at radius 2 is 1.53 bits per heavy atom. The largest absolute Gasteiger partial charge is 0.277 e. The Labute approximate surface area is 199 Å². The fraction of sp³-hybridized carbons (Fsp3) is 0.207. The zero-order chi connectivity index (χ0) is 23.7. The predicted molar refractivity (Wildman–Crippen MR) is 135 cm³/mol. The fourth-order valence-electron chi connectivity index (χ4n) is 5.05. The zero-order valence-corrected chi connectivity index (χ0v) is 19.4. The van der Waals surface area contributed by atoms with Crippen LogP contribution in [-0.4, -0.2) is 15.6 Å². The molecule has 3 aromatic carbocycles. The van der Waals surface area contributed by atoms with Crippen molar-refractivity contribution in [3.05, 3.63) is 112 Å². The van der Waals surface area contributed by atoms with Crippen molar-refractivity contribution in [2.75, 3.05) is 5.43 Å². The van der Waals surface area contributed by atoms with Crippen LogP contribution in [0.2, 0.25) is 0 Å². The van der Waals surface area contributed by atoms with Gasteiger partial charge >= 0.3 is 0 Å². The molecule has 1 aliphatic rings. The van der Waals surface area contributed by atoms with E-state index in [1.54, 1.807) is 24.3 Å². The molecule has 1 heterocycles. The third-order valence-electron chi connectivity index (χ3n) is 7.05. The molecule has 0 radical (unpaired) electrons. The first-order valence-corrected chi connectivity index (χ1v) is 11.8. The molecule has 1 N–H and O–H groups in total. The number of carbonyl (C=O) groups excluding carboxylic acids is 1. The summed E-state index contributed by atoms with van der Waals surface area (Å²) in [5.74, 6) is 0.0721. The normalized spacial score (nSPS) is 13.6. The van der Waals surface area contributed by atoms with Crippen LogP contribution >= 0.6 is 0 Å². The Morgan fingerprint density at radius 1 is 0.912 bits per heavy atom. The van der Waals surface area contributed by atoms with Crippen molar-refractivity contribution in [3.8, 4) is 22.6 Å². The molecule has 1 aliphatic carbocycles. The molecular weight excluding hydrogens is 422 g/mol. The highest BCUT2D eigenvalue weighted by molar-refractivity contribution is 6.00. The average Bonchev–Trinajstić information content (AvgIpc) is 2.90. The standard InChI is InChI=1S/C29H27N3O2/c1-3-29(4-2)19-22-17-11-12-18-23(22)25-24(29)28(34)32(26(30-25)20-13-7-5-8-14-20)31-27(33)21-15-9-6-10-16-21/h5-18H,3-4,19H2,1-2H3,(H,31,33). The maximum Gasteiger partial charge on any atom is 0.277 e. The molecule has 0 unspecified atom stereocenters. The summed E-state index contributed by atoms with van der Waals surface area (Å²) in [5.41, 5.74) is 7.14. The van der Waals surface area contributed by atoms with Crippen molar-refractivity contribution in [2.45, 2.75) is 38.5 Å². The number of nitrogens with one attached hydrogen (secondary N) is 1. The molecule has 1 aromatic heterocycles. The van der Waals surface area contributed by atoms with Gasteiger partial charge in [-0.15, -0.1) is 0 Å². The highest BCUT2D eigenvalue weighted by atomic mass is 16.2. The summed E-state index contributed by atoms with van der Waals surface area (Å²) in [5, 5.41) is 0. The highest BCUT2D eigenvalue weighted by Crippen LogP contribution is 2.45. The van der Waals surface area contributed by atoms with Crippen molar-refractivity contribution in [1.29, 1.82) is 0 Å². The lowest BCUT2D eigenvalue weighted by molar-refractivity contribution is 0.101. The van der Waals surface area contributed by atoms with Crippen LogP contribution < -0.4 is 11.0 Å². The lowest BCUT2D eigenvalue weighted by atomic mass is 9.66. The first kappa shape index (κ1) is 21.8. The van der Waals surface area contributed by atoms with Gasteiger partial charge in [-0.05, 0) is 37.0 Å². The summed E-state index contributed by atoms with van der Waals surface area (Å²) in [6.45, 7) is 4.25. The Hall–Kier alpha value is -3.99. The number of nitrogens with zero attached hydrogens (tertiary/aromatic N) is 2. The average molecular weight is 450 g/mol. The van der Waals surface area contributed by atoms with E-state index in [1.165, 1.54) is 10.2 Å². The number of amides is 1. The maximum atomic E-state index is 14.2. The van der Waals surface area contributed by atoms with Crippen LogP contribution in [0.3, 0.4) is 0 Å². The lowest BCUT2D eigenvalue weighted by Crippen LogP contribution is -2.44. The molecule has 4 aromatic rings. The third-order valence-corrected chi connectivity index (χ3v) is 7.05. The minimum Gasteiger partial charge on any atom is -0.267 e. The summed E-state index contributed by atoms with van der Waals surface area (Å²) in [6, 6.07) is 26.6. The van der Waals surface area contributed by atoms with Crippen LogP contribution in [0, 0.1) is 0 Å². The molecule has 5 nitrogen and oxygen atoms in total. The third kappa shape index (κ3) is 3.54. The number of aromatic nitrogens is 2. The van der Waals surface area contributed by atoms with Gasteiger partial charge in [-0.25, -0.2) is 4.98 Å². The number of hydrogen-bond donors (Lipinski definition) is 1. The van der Waals surface area contributed by atoms with Crippen LogP contribution in [0.1, 0.15) is 48.2 Å². The molecule has 0 bridgehead atoms. The quantitative estimate of drug-likeness (QED) is 0.433. The minimum atomic E-state index is -0.351. The summed E-state index contributed by atoms with van der Waals surface area (Å²) in [4.78, 5) is 32.4. The van der Waals surface area contributed by atoms with Crippen molar-refractivity contribution >= 4 is 5.91 Å². The second kappa shape index (κ2) is 8.75. The second-order valence-electron chi connectivity index (χ2n) is 8.79. The molecule has 5 rings (SSSR count). The van der Waals surface area contributed by atoms with E-state index in [2.05, 4.69) is 25.3 Å². The molecule has 1 amide bonds. The first-order valence-electron chi connectivity index (χ1n) is 11.8. The van der Waals surface area contributed by atoms with Crippen LogP contribution in [0.15, 0.2) is 89.7 Å². The fourth-order valence-corrected chi connectivity index (χ4v) is 5.05. The number of carbonyl (C=O) groups is 1. The van der Waals surface area contributed by atoms with E-state index >= 15 is 0 Å². The van der Waals surface area contributed by atoms with Crippen LogP contribution in [0.5, 0.6) is 0 Å². The maximum absolute atomic E-state index is 14.2. The van der Waals surface area contributed by atoms with Gasteiger partial charge in [-0.2, -0.15) is 4.68 Å². The van der Waals surface area contributed by atoms with Gasteiger partial charge in [0.2, 0.25) is 0 Å². The Kier molecular flexibility index (Phi) is 5.62. The summed E-state index contributed by atoms with van der Waals surface area (Å²) in [7, 11) is 0. The number of benzene rings is 3. The van der Waals surface area contributed by atoms with Crippen molar-refractivity contribution in [2.24, 2.45) is 0 Å². The molecule has 5 heteroatoms. The first-order chi connectivity index (χ1) is 16.6. The summed E-state index contributed by atoms with van der Waals surface area (Å²) < 4.78 is 1.34. The van der Waals surface area contributed by atoms with E-state index < -0.39 is 0 Å². The van der Waals surface area contributed by atoms with E-state index in [1.807, 2.05) is 54.6 Å². The Balaban J connectivity index is 1.80.